The average molecular weight is 159 g/mol. The summed E-state index contributed by atoms with van der Waals surface area (Å²) in [5.41, 5.74) is 3.23. The van der Waals surface area contributed by atoms with Crippen molar-refractivity contribution in [3.8, 4) is 0 Å². The first-order valence-electron chi connectivity index (χ1n) is 4.43. The maximum absolute atomic E-state index is 2.86. The van der Waals surface area contributed by atoms with E-state index in [2.05, 4.69) is 17.1 Å². The Balaban J connectivity index is 0.000000100. The lowest BCUT2D eigenvalue weighted by atomic mass is 10.2. The number of H-pyrrole nitrogens is 1. The predicted molar refractivity (Wildman–Crippen MR) is 50.8 cm³/mol. The van der Waals surface area contributed by atoms with Gasteiger partial charge in [0.15, 0.2) is 0 Å². The van der Waals surface area contributed by atoms with Crippen LogP contribution in [0.15, 0.2) is 47.8 Å². The molecule has 0 saturated heterocycles. The summed E-state index contributed by atoms with van der Waals surface area (Å²) in [4.78, 5) is 2.86. The van der Waals surface area contributed by atoms with Crippen LogP contribution in [0.2, 0.25) is 0 Å². The van der Waals surface area contributed by atoms with Gasteiger partial charge in [-0.3, -0.25) is 0 Å². The Morgan fingerprint density at radius 2 is 1.50 bits per heavy atom. The Kier molecular flexibility index (Phi) is 2.12. The molecule has 0 bridgehead atoms. The van der Waals surface area contributed by atoms with Gasteiger partial charge in [0.2, 0.25) is 0 Å². The van der Waals surface area contributed by atoms with Crippen LogP contribution in [0.25, 0.3) is 0 Å². The maximum atomic E-state index is 2.86. The highest BCUT2D eigenvalue weighted by Gasteiger charge is 2.21. The number of fused-ring (bicyclic) bond motifs is 1. The van der Waals surface area contributed by atoms with Crippen LogP contribution in [0.5, 0.6) is 0 Å². The third-order valence-electron chi connectivity index (χ3n) is 2.11. The van der Waals surface area contributed by atoms with Crippen LogP contribution >= 0.6 is 0 Å². The van der Waals surface area contributed by atoms with E-state index in [-0.39, 0.29) is 0 Å². The van der Waals surface area contributed by atoms with Crippen molar-refractivity contribution >= 4 is 0 Å². The zero-order chi connectivity index (χ0) is 8.23. The van der Waals surface area contributed by atoms with Crippen molar-refractivity contribution in [2.24, 2.45) is 0 Å². The van der Waals surface area contributed by atoms with Crippen molar-refractivity contribution < 1.29 is 0 Å². The van der Waals surface area contributed by atoms with Crippen LogP contribution in [0.4, 0.5) is 0 Å². The highest BCUT2D eigenvalue weighted by atomic mass is 14.6. The van der Waals surface area contributed by atoms with Gasteiger partial charge in [0.05, 0.1) is 0 Å². The zero-order valence-corrected chi connectivity index (χ0v) is 7.09. The Hall–Kier alpha value is -1.24. The first-order chi connectivity index (χ1) is 5.97. The van der Waals surface area contributed by atoms with E-state index in [1.807, 2.05) is 24.5 Å². The molecule has 0 radical (unpaired) electrons. The summed E-state index contributed by atoms with van der Waals surface area (Å²) in [5.74, 6) is 0. The van der Waals surface area contributed by atoms with Crippen LogP contribution < -0.4 is 0 Å². The number of allylic oxidation sites excluding steroid dienone is 4. The minimum absolute atomic E-state index is 1.29. The van der Waals surface area contributed by atoms with Crippen molar-refractivity contribution in [3.63, 3.8) is 0 Å². The van der Waals surface area contributed by atoms with E-state index in [0.29, 0.717) is 0 Å². The maximum Gasteiger partial charge on any atom is 0.000496 e. The van der Waals surface area contributed by atoms with Gasteiger partial charge in [-0.25, -0.2) is 0 Å². The molecule has 0 aromatic carbocycles. The first-order valence-corrected chi connectivity index (χ1v) is 4.43. The molecule has 1 heteroatoms. The van der Waals surface area contributed by atoms with Crippen LogP contribution in [-0.4, -0.2) is 4.98 Å². The van der Waals surface area contributed by atoms with Crippen LogP contribution in [0.1, 0.15) is 19.3 Å². The van der Waals surface area contributed by atoms with Crippen molar-refractivity contribution in [2.45, 2.75) is 19.3 Å². The van der Waals surface area contributed by atoms with Crippen molar-refractivity contribution in [1.29, 1.82) is 0 Å². The van der Waals surface area contributed by atoms with E-state index < -0.39 is 0 Å². The lowest BCUT2D eigenvalue weighted by Crippen LogP contribution is -1.67. The van der Waals surface area contributed by atoms with E-state index in [1.165, 1.54) is 19.3 Å². The number of nitrogens with one attached hydrogen (secondary N) is 1. The quantitative estimate of drug-likeness (QED) is 0.598. The molecule has 62 valence electrons. The lowest BCUT2D eigenvalue weighted by Gasteiger charge is -1.87. The van der Waals surface area contributed by atoms with Gasteiger partial charge in [-0.05, 0) is 42.5 Å². The molecule has 2 aliphatic carbocycles. The van der Waals surface area contributed by atoms with Gasteiger partial charge in [0.25, 0.3) is 0 Å². The molecule has 1 aromatic heterocycles. The van der Waals surface area contributed by atoms with Crippen molar-refractivity contribution in [2.75, 3.05) is 0 Å². The SMILES string of the molecule is C1=C2CC2=CCC1.c1cc[nH]c1. The van der Waals surface area contributed by atoms with Gasteiger partial charge < -0.3 is 4.98 Å². The number of hydrogen-bond acceptors (Lipinski definition) is 0. The first kappa shape index (κ1) is 7.41. The van der Waals surface area contributed by atoms with Gasteiger partial charge in [-0.2, -0.15) is 0 Å². The summed E-state index contributed by atoms with van der Waals surface area (Å²) in [5, 5.41) is 0. The molecule has 2 aliphatic rings. The van der Waals surface area contributed by atoms with E-state index in [1.54, 1.807) is 11.1 Å². The Morgan fingerprint density at radius 1 is 0.917 bits per heavy atom. The summed E-state index contributed by atoms with van der Waals surface area (Å²) < 4.78 is 0. The fourth-order valence-corrected chi connectivity index (χ4v) is 1.36. The second-order valence-electron chi connectivity index (χ2n) is 3.10. The van der Waals surface area contributed by atoms with E-state index in [4.69, 9.17) is 0 Å². The average Bonchev–Trinajstić information content (AvgIpc) is 2.64. The molecular formula is C11H13N. The number of aromatic nitrogens is 1. The molecule has 0 amide bonds. The molecule has 3 rings (SSSR count). The van der Waals surface area contributed by atoms with Gasteiger partial charge >= 0.3 is 0 Å². The summed E-state index contributed by atoms with van der Waals surface area (Å²) in [7, 11) is 0. The van der Waals surface area contributed by atoms with Crippen LogP contribution in [-0.2, 0) is 0 Å². The second kappa shape index (κ2) is 3.44. The summed E-state index contributed by atoms with van der Waals surface area (Å²) in [6.07, 6.45) is 12.3. The Morgan fingerprint density at radius 3 is 1.83 bits per heavy atom. The van der Waals surface area contributed by atoms with Gasteiger partial charge in [-0.15, -0.1) is 0 Å². The minimum atomic E-state index is 1.29. The molecule has 1 heterocycles. The second-order valence-corrected chi connectivity index (χ2v) is 3.10. The van der Waals surface area contributed by atoms with E-state index in [0.717, 1.165) is 0 Å². The molecular weight excluding hydrogens is 146 g/mol. The summed E-state index contributed by atoms with van der Waals surface area (Å²) in [6, 6.07) is 3.89. The third-order valence-corrected chi connectivity index (χ3v) is 2.11. The molecule has 1 saturated carbocycles. The van der Waals surface area contributed by atoms with Gasteiger partial charge in [0, 0.05) is 12.4 Å². The smallest absolute Gasteiger partial charge is 0.000496 e. The minimum Gasteiger partial charge on any atom is -0.368 e. The lowest BCUT2D eigenvalue weighted by molar-refractivity contribution is 1.04. The highest BCUT2D eigenvalue weighted by Crippen LogP contribution is 2.40. The van der Waals surface area contributed by atoms with Gasteiger partial charge in [-0.1, -0.05) is 12.2 Å². The molecule has 1 N–H and O–H groups in total. The van der Waals surface area contributed by atoms with Crippen molar-refractivity contribution in [1.82, 2.24) is 4.98 Å². The summed E-state index contributed by atoms with van der Waals surface area (Å²) >= 11 is 0. The zero-order valence-electron chi connectivity index (χ0n) is 7.09. The molecule has 1 fully saturated rings. The standard InChI is InChI=1S/C7H8.C4H5N/c1-2-4-7-5-6(7)3-1;1-2-4-5-3-1/h3-4H,1-2,5H2;1-5H. The molecule has 0 unspecified atom stereocenters. The molecule has 1 nitrogen and oxygen atoms in total. The Labute approximate surface area is 72.8 Å². The molecule has 1 aromatic rings. The molecule has 0 aliphatic heterocycles. The van der Waals surface area contributed by atoms with E-state index >= 15 is 0 Å². The monoisotopic (exact) mass is 159 g/mol. The molecule has 0 spiro atoms. The number of hydrogen-bond donors (Lipinski definition) is 1. The van der Waals surface area contributed by atoms with Crippen molar-refractivity contribution in [3.05, 3.63) is 47.8 Å². The molecule has 0 atom stereocenters. The highest BCUT2D eigenvalue weighted by molar-refractivity contribution is 5.51. The normalized spacial score (nSPS) is 18.0. The number of rotatable bonds is 0. The molecule has 12 heavy (non-hydrogen) atoms. The fraction of sp³-hybridized carbons (Fsp3) is 0.273. The summed E-state index contributed by atoms with van der Waals surface area (Å²) in [6.45, 7) is 0. The van der Waals surface area contributed by atoms with Crippen LogP contribution in [0, 0.1) is 0 Å². The van der Waals surface area contributed by atoms with Gasteiger partial charge in [0.1, 0.15) is 0 Å². The fourth-order valence-electron chi connectivity index (χ4n) is 1.36. The number of aromatic amines is 1. The Bertz CT molecular complexity index is 256. The topological polar surface area (TPSA) is 15.8 Å². The third kappa shape index (κ3) is 1.88. The van der Waals surface area contributed by atoms with E-state index in [9.17, 15) is 0 Å². The van der Waals surface area contributed by atoms with Crippen LogP contribution in [0.3, 0.4) is 0 Å². The largest absolute Gasteiger partial charge is 0.368 e. The predicted octanol–water partition coefficient (Wildman–Crippen LogP) is 3.05.